The largest absolute Gasteiger partial charge is 0.504 e. The third kappa shape index (κ3) is 4.92. The highest BCUT2D eigenvalue weighted by molar-refractivity contribution is 6.25. The maximum absolute atomic E-state index is 11.3. The molecule has 0 spiro atoms. The summed E-state index contributed by atoms with van der Waals surface area (Å²) in [6.07, 6.45) is 0. The molecule has 0 unspecified atom stereocenters. The van der Waals surface area contributed by atoms with Crippen molar-refractivity contribution in [2.24, 2.45) is 0 Å². The van der Waals surface area contributed by atoms with Gasteiger partial charge in [0.2, 0.25) is 17.2 Å². The van der Waals surface area contributed by atoms with Gasteiger partial charge in [-0.1, -0.05) is 121 Å². The summed E-state index contributed by atoms with van der Waals surface area (Å²) >= 11 is 0. The first-order valence-electron chi connectivity index (χ1n) is 19.9. The molecule has 0 radical (unpaired) electrons. The Kier molecular flexibility index (Phi) is 7.25. The van der Waals surface area contributed by atoms with Gasteiger partial charge >= 0.3 is 0 Å². The van der Waals surface area contributed by atoms with Crippen LogP contribution in [0.5, 0.6) is 28.7 Å². The molecule has 7 nitrogen and oxygen atoms in total. The molecule has 290 valence electrons. The molecule has 5 N–H and O–H groups in total. The first-order valence-corrected chi connectivity index (χ1v) is 19.9. The third-order valence-electron chi connectivity index (χ3n) is 12.2. The molecule has 0 saturated heterocycles. The molecule has 2 aromatic heterocycles. The first-order chi connectivity index (χ1) is 29.9. The highest BCUT2D eigenvalue weighted by atomic mass is 16.4. The zero-order chi connectivity index (χ0) is 41.1. The molecular weight excluding hydrogens is 761 g/mol. The molecule has 61 heavy (non-hydrogen) atoms. The van der Waals surface area contributed by atoms with E-state index in [-0.39, 0.29) is 5.56 Å². The second kappa shape index (κ2) is 12.8. The van der Waals surface area contributed by atoms with Crippen LogP contribution < -0.4 is 0 Å². The lowest BCUT2D eigenvalue weighted by Gasteiger charge is -2.21. The van der Waals surface area contributed by atoms with Crippen LogP contribution in [0.15, 0.2) is 173 Å². The van der Waals surface area contributed by atoms with Crippen LogP contribution in [0.4, 0.5) is 0 Å². The third-order valence-corrected chi connectivity index (χ3v) is 12.2. The maximum atomic E-state index is 11.3. The summed E-state index contributed by atoms with van der Waals surface area (Å²) in [6, 6.07) is 54.9. The highest BCUT2D eigenvalue weighted by Crippen LogP contribution is 2.58. The molecule has 0 aliphatic rings. The van der Waals surface area contributed by atoms with E-state index in [0.29, 0.717) is 16.3 Å². The van der Waals surface area contributed by atoms with Crippen LogP contribution in [-0.2, 0) is 0 Å². The lowest BCUT2D eigenvalue weighted by Crippen LogP contribution is -1.94. The van der Waals surface area contributed by atoms with Gasteiger partial charge in [-0.15, -0.1) is 0 Å². The van der Waals surface area contributed by atoms with Crippen LogP contribution in [0.2, 0.25) is 0 Å². The van der Waals surface area contributed by atoms with E-state index in [1.807, 2.05) is 103 Å². The Morgan fingerprint density at radius 2 is 0.787 bits per heavy atom. The van der Waals surface area contributed by atoms with E-state index in [4.69, 9.17) is 8.83 Å². The normalized spacial score (nSPS) is 11.9. The van der Waals surface area contributed by atoms with Crippen molar-refractivity contribution >= 4 is 76.2 Å². The topological polar surface area (TPSA) is 127 Å². The van der Waals surface area contributed by atoms with E-state index in [9.17, 15) is 25.5 Å². The molecule has 10 aromatic carbocycles. The van der Waals surface area contributed by atoms with Crippen molar-refractivity contribution in [3.8, 4) is 73.3 Å². The molecule has 0 atom stereocenters. The summed E-state index contributed by atoms with van der Waals surface area (Å²) in [7, 11) is 0. The SMILES string of the molecule is Oc1c(O)c(O)c(-c2c3ccccc3c(-c3cc(-c4ccc5oc6ccccc6c5c4-c4ccc5c(c4)oc4ccccc45)cc4ccccc34)c3ccccc23)c(O)c1O. The molecule has 0 saturated carbocycles. The Labute approximate surface area is 346 Å². The van der Waals surface area contributed by atoms with Crippen molar-refractivity contribution in [1.82, 2.24) is 0 Å². The minimum Gasteiger partial charge on any atom is -0.504 e. The fourth-order valence-corrected chi connectivity index (χ4v) is 9.52. The molecule has 12 rings (SSSR count). The average Bonchev–Trinajstić information content (AvgIpc) is 3.87. The second-order valence-corrected chi connectivity index (χ2v) is 15.5. The quantitative estimate of drug-likeness (QED) is 0.0682. The number of benzene rings is 10. The molecule has 2 heterocycles. The number of hydrogen-bond donors (Lipinski definition) is 5. The Balaban J connectivity index is 1.19. The van der Waals surface area contributed by atoms with Crippen molar-refractivity contribution in [1.29, 1.82) is 0 Å². The lowest BCUT2D eigenvalue weighted by atomic mass is 9.82. The molecule has 12 aromatic rings. The van der Waals surface area contributed by atoms with Crippen LogP contribution in [0.1, 0.15) is 0 Å². The van der Waals surface area contributed by atoms with E-state index >= 15 is 0 Å². The smallest absolute Gasteiger partial charge is 0.208 e. The molecular formula is C54H32O7. The molecule has 0 aliphatic carbocycles. The minimum absolute atomic E-state index is 0.197. The van der Waals surface area contributed by atoms with Gasteiger partial charge in [0.1, 0.15) is 22.3 Å². The van der Waals surface area contributed by atoms with E-state index in [0.717, 1.165) is 98.8 Å². The number of rotatable bonds is 4. The number of hydrogen-bond acceptors (Lipinski definition) is 7. The van der Waals surface area contributed by atoms with Crippen molar-refractivity contribution in [3.05, 3.63) is 164 Å². The Bertz CT molecular complexity index is 3750. The zero-order valence-electron chi connectivity index (χ0n) is 32.1. The monoisotopic (exact) mass is 792 g/mol. The van der Waals surface area contributed by atoms with Crippen molar-refractivity contribution in [3.63, 3.8) is 0 Å². The molecule has 0 aliphatic heterocycles. The lowest BCUT2D eigenvalue weighted by molar-refractivity contribution is 0.330. The molecule has 7 heteroatoms. The van der Waals surface area contributed by atoms with Crippen molar-refractivity contribution in [2.45, 2.75) is 0 Å². The number of phenolic OH excluding ortho intramolecular Hbond substituents is 5. The Morgan fingerprint density at radius 1 is 0.279 bits per heavy atom. The van der Waals surface area contributed by atoms with Gasteiger partial charge in [0.25, 0.3) is 0 Å². The van der Waals surface area contributed by atoms with Crippen LogP contribution in [0.3, 0.4) is 0 Å². The van der Waals surface area contributed by atoms with Crippen LogP contribution >= 0.6 is 0 Å². The van der Waals surface area contributed by atoms with Gasteiger partial charge in [-0.05, 0) is 103 Å². The van der Waals surface area contributed by atoms with Gasteiger partial charge < -0.3 is 34.4 Å². The minimum atomic E-state index is -1.01. The molecule has 0 fully saturated rings. The van der Waals surface area contributed by atoms with E-state index < -0.39 is 28.7 Å². The molecule has 0 amide bonds. The van der Waals surface area contributed by atoms with Gasteiger partial charge in [0.15, 0.2) is 11.5 Å². The number of aromatic hydroxyl groups is 5. The summed E-state index contributed by atoms with van der Waals surface area (Å²) in [5.74, 6) is -4.37. The van der Waals surface area contributed by atoms with Gasteiger partial charge in [-0.25, -0.2) is 0 Å². The predicted octanol–water partition coefficient (Wildman–Crippen LogP) is 14.1. The van der Waals surface area contributed by atoms with Crippen LogP contribution in [0, 0.1) is 0 Å². The zero-order valence-corrected chi connectivity index (χ0v) is 32.1. The van der Waals surface area contributed by atoms with E-state index in [2.05, 4.69) is 60.7 Å². The summed E-state index contributed by atoms with van der Waals surface area (Å²) < 4.78 is 12.9. The standard InChI is InChI=1S/C54H32O7/c55-50-49(51(56)53(58)54(59)52(50)57)47-37-16-5-3-14-35(37)46(36-15-4-6-17-38(36)47)40-26-30(25-28-11-1-2-12-31(28)40)32-23-24-43-48(39-18-8-10-20-42(39)60-43)45(32)29-21-22-34-33-13-7-9-19-41(33)61-44(34)27-29/h1-27,55-59H. The van der Waals surface area contributed by atoms with Gasteiger partial charge in [-0.2, -0.15) is 0 Å². The van der Waals surface area contributed by atoms with Crippen LogP contribution in [0.25, 0.3) is 121 Å². The first kappa shape index (κ1) is 34.6. The summed E-state index contributed by atoms with van der Waals surface area (Å²) in [4.78, 5) is 0. The average molecular weight is 793 g/mol. The fraction of sp³-hybridized carbons (Fsp3) is 0. The van der Waals surface area contributed by atoms with Crippen LogP contribution in [-0.4, -0.2) is 25.5 Å². The summed E-state index contributed by atoms with van der Waals surface area (Å²) in [5, 5.41) is 63.3. The van der Waals surface area contributed by atoms with E-state index in [1.165, 1.54) is 0 Å². The van der Waals surface area contributed by atoms with Crippen molar-refractivity contribution < 1.29 is 34.4 Å². The number of furan rings is 2. The maximum Gasteiger partial charge on any atom is 0.208 e. The number of fused-ring (bicyclic) bond motifs is 9. The number of para-hydroxylation sites is 2. The van der Waals surface area contributed by atoms with E-state index in [1.54, 1.807) is 0 Å². The second-order valence-electron chi connectivity index (χ2n) is 15.5. The highest BCUT2D eigenvalue weighted by Gasteiger charge is 2.29. The van der Waals surface area contributed by atoms with Gasteiger partial charge in [-0.3, -0.25) is 0 Å². The number of phenols is 5. The van der Waals surface area contributed by atoms with Gasteiger partial charge in [0.05, 0.1) is 5.56 Å². The summed E-state index contributed by atoms with van der Waals surface area (Å²) in [6.45, 7) is 0. The fourth-order valence-electron chi connectivity index (χ4n) is 9.52. The van der Waals surface area contributed by atoms with Crippen molar-refractivity contribution in [2.75, 3.05) is 0 Å². The van der Waals surface area contributed by atoms with Gasteiger partial charge in [0, 0.05) is 32.7 Å². The molecule has 0 bridgehead atoms. The Morgan fingerprint density at radius 3 is 1.46 bits per heavy atom. The predicted molar refractivity (Wildman–Crippen MR) is 244 cm³/mol. The summed E-state index contributed by atoms with van der Waals surface area (Å²) in [5.41, 5.74) is 9.21. The Hall–Kier alpha value is -8.42.